The summed E-state index contributed by atoms with van der Waals surface area (Å²) in [5.74, 6) is 1.15. The van der Waals surface area contributed by atoms with E-state index < -0.39 is 59.0 Å². The summed E-state index contributed by atoms with van der Waals surface area (Å²) in [4.78, 5) is 40.3. The van der Waals surface area contributed by atoms with Crippen molar-refractivity contribution >= 4 is 57.1 Å². The first kappa shape index (κ1) is 67.4. The van der Waals surface area contributed by atoms with E-state index in [0.29, 0.717) is 34.1 Å². The number of carbonyl (C=O) groups is 2. The molecule has 0 aliphatic carbocycles. The number of hydrogen-bond donors (Lipinski definition) is 1. The van der Waals surface area contributed by atoms with Gasteiger partial charge in [0.25, 0.3) is 20.3 Å². The summed E-state index contributed by atoms with van der Waals surface area (Å²) in [7, 11) is -1.64. The lowest BCUT2D eigenvalue weighted by Crippen LogP contribution is -2.54. The standard InChI is InChI=1S/C71H84N7O11PSi/c1-48(2)78(49(3)4)90(85-43-25-42-72)88-66-62(45-84-71(53-26-17-13-18-27-53,54-34-38-58(81-11)39-35-54)55-36-40-59(82-12)41-37-55)86-69(67(66)89-91(50(5)6,51(7)8)52(9)10)76-47-73-65-61(76)44-63(74-64(79)46-83-60-32-23-16-24-33-60)75-68(65)87-70(80)77(56-28-19-14-20-29-56)57-30-21-15-22-31-57/h13-24,26-41,44,47-52,62,66-67,69H,25,43,45-46H2,1-12H3,(H,74,75,79)/t62-,66-,67-,69-,90?/m1/s1. The maximum Gasteiger partial charge on any atom is 0.425 e. The van der Waals surface area contributed by atoms with Crippen LogP contribution in [-0.2, 0) is 33.3 Å². The van der Waals surface area contributed by atoms with Gasteiger partial charge in [0.15, 0.2) is 18.4 Å². The number of pyridine rings is 1. The number of nitriles is 1. The normalized spacial score (nSPS) is 16.4. The Kier molecular flexibility index (Phi) is 22.8. The Bertz CT molecular complexity index is 3540. The van der Waals surface area contributed by atoms with E-state index in [1.54, 1.807) is 63.0 Å². The Morgan fingerprint density at radius 2 is 1.21 bits per heavy atom. The van der Waals surface area contributed by atoms with Gasteiger partial charge in [-0.1, -0.05) is 151 Å². The largest absolute Gasteiger partial charge is 0.497 e. The minimum atomic E-state index is -2.96. The van der Waals surface area contributed by atoms with E-state index in [-0.39, 0.29) is 72.2 Å². The highest BCUT2D eigenvalue weighted by Crippen LogP contribution is 2.54. The molecule has 0 bridgehead atoms. The Labute approximate surface area is 537 Å². The van der Waals surface area contributed by atoms with Crippen LogP contribution in [0.1, 0.15) is 98.6 Å². The molecule has 1 unspecified atom stereocenters. The molecule has 0 saturated carbocycles. The van der Waals surface area contributed by atoms with Gasteiger partial charge in [0.1, 0.15) is 47.0 Å². The van der Waals surface area contributed by atoms with E-state index >= 15 is 0 Å². The van der Waals surface area contributed by atoms with Crippen LogP contribution in [0.2, 0.25) is 16.6 Å². The fourth-order valence-electron chi connectivity index (χ4n) is 12.5. The molecule has 20 heteroatoms. The first-order valence-corrected chi connectivity index (χ1v) is 34.2. The van der Waals surface area contributed by atoms with Crippen molar-refractivity contribution in [2.24, 2.45) is 0 Å². The van der Waals surface area contributed by atoms with Gasteiger partial charge in [-0.15, -0.1) is 0 Å². The van der Waals surface area contributed by atoms with Crippen LogP contribution in [0.5, 0.6) is 23.1 Å². The molecule has 1 fully saturated rings. The number of rotatable bonds is 29. The number of methoxy groups -OCH3 is 2. The minimum absolute atomic E-state index is 0.0358. The fraction of sp³-hybridized carbons (Fsp3) is 0.366. The molecule has 1 N–H and O–H groups in total. The summed E-state index contributed by atoms with van der Waals surface area (Å²) in [6, 6.07) is 56.8. The van der Waals surface area contributed by atoms with Crippen molar-refractivity contribution in [3.05, 3.63) is 199 Å². The summed E-state index contributed by atoms with van der Waals surface area (Å²) in [6.07, 6.45) is -2.90. The van der Waals surface area contributed by atoms with Crippen molar-refractivity contribution in [3.63, 3.8) is 0 Å². The van der Waals surface area contributed by atoms with Crippen LogP contribution in [0.25, 0.3) is 11.0 Å². The number of fused-ring (bicyclic) bond motifs is 1. The predicted molar refractivity (Wildman–Crippen MR) is 357 cm³/mol. The molecule has 478 valence electrons. The summed E-state index contributed by atoms with van der Waals surface area (Å²) in [6.45, 7) is 21.4. The first-order chi connectivity index (χ1) is 43.9. The third-order valence-electron chi connectivity index (χ3n) is 16.4. The van der Waals surface area contributed by atoms with Crippen LogP contribution in [0.3, 0.4) is 0 Å². The molecule has 0 spiro atoms. The highest BCUT2D eigenvalue weighted by Gasteiger charge is 2.57. The second kappa shape index (κ2) is 30.9. The molecule has 1 saturated heterocycles. The van der Waals surface area contributed by atoms with Crippen molar-refractivity contribution in [1.29, 1.82) is 5.26 Å². The second-order valence-electron chi connectivity index (χ2n) is 23.8. The number of aromatic nitrogens is 3. The molecule has 1 aliphatic heterocycles. The minimum Gasteiger partial charge on any atom is -0.497 e. The predicted octanol–water partition coefficient (Wildman–Crippen LogP) is 15.9. The number of carbonyl (C=O) groups excluding carboxylic acids is 2. The van der Waals surface area contributed by atoms with Crippen LogP contribution >= 0.6 is 8.53 Å². The monoisotopic (exact) mass is 1270 g/mol. The first-order valence-electron chi connectivity index (χ1n) is 31.0. The van der Waals surface area contributed by atoms with Crippen molar-refractivity contribution in [2.45, 2.75) is 135 Å². The van der Waals surface area contributed by atoms with Crippen molar-refractivity contribution in [2.75, 3.05) is 44.3 Å². The van der Waals surface area contributed by atoms with Gasteiger partial charge in [-0.05, 0) is 122 Å². The maximum atomic E-state index is 15.0. The summed E-state index contributed by atoms with van der Waals surface area (Å²) < 4.78 is 65.8. The van der Waals surface area contributed by atoms with Gasteiger partial charge in [0.05, 0.1) is 63.1 Å². The van der Waals surface area contributed by atoms with Gasteiger partial charge >= 0.3 is 6.09 Å². The molecule has 5 atom stereocenters. The van der Waals surface area contributed by atoms with Crippen LogP contribution in [-0.4, -0.2) is 104 Å². The lowest BCUT2D eigenvalue weighted by molar-refractivity contribution is -0.118. The summed E-state index contributed by atoms with van der Waals surface area (Å²) in [5.41, 5.74) is 3.05. The number of anilines is 3. The highest BCUT2D eigenvalue weighted by molar-refractivity contribution is 7.44. The van der Waals surface area contributed by atoms with Crippen molar-refractivity contribution in [1.82, 2.24) is 19.2 Å². The van der Waals surface area contributed by atoms with Gasteiger partial charge in [0, 0.05) is 18.2 Å². The molecular weight excluding hydrogens is 1190 g/mol. The smallest absolute Gasteiger partial charge is 0.425 e. The zero-order valence-corrected chi connectivity index (χ0v) is 55.9. The zero-order chi connectivity index (χ0) is 64.8. The average molecular weight is 1270 g/mol. The molecule has 2 aromatic heterocycles. The van der Waals surface area contributed by atoms with Crippen LogP contribution < -0.4 is 29.2 Å². The fourth-order valence-corrected chi connectivity index (χ4v) is 19.8. The van der Waals surface area contributed by atoms with E-state index in [1.165, 1.54) is 4.90 Å². The molecular formula is C71H84N7O11PSi. The second-order valence-corrected chi connectivity index (χ2v) is 30.6. The van der Waals surface area contributed by atoms with Gasteiger partial charge in [-0.2, -0.15) is 10.2 Å². The Morgan fingerprint density at radius 1 is 0.692 bits per heavy atom. The van der Waals surface area contributed by atoms with E-state index in [2.05, 4.69) is 85.3 Å². The molecule has 0 radical (unpaired) electrons. The van der Waals surface area contributed by atoms with Crippen LogP contribution in [0, 0.1) is 11.3 Å². The van der Waals surface area contributed by atoms with E-state index in [9.17, 15) is 14.9 Å². The van der Waals surface area contributed by atoms with Gasteiger partial charge in [-0.3, -0.25) is 4.79 Å². The molecule has 9 rings (SSSR count). The number of ether oxygens (including phenoxy) is 6. The van der Waals surface area contributed by atoms with Gasteiger partial charge < -0.3 is 51.8 Å². The highest BCUT2D eigenvalue weighted by atomic mass is 31.2. The van der Waals surface area contributed by atoms with Crippen LogP contribution in [0.4, 0.5) is 22.0 Å². The molecule has 18 nitrogen and oxygen atoms in total. The third-order valence-corrected chi connectivity index (χ3v) is 24.6. The third kappa shape index (κ3) is 15.2. The Morgan fingerprint density at radius 3 is 1.71 bits per heavy atom. The number of amides is 2. The molecule has 91 heavy (non-hydrogen) atoms. The maximum absolute atomic E-state index is 15.0. The average Bonchev–Trinajstić information content (AvgIpc) is 1.71. The summed E-state index contributed by atoms with van der Waals surface area (Å²) in [5, 5.41) is 12.8. The van der Waals surface area contributed by atoms with E-state index in [4.69, 9.17) is 51.9 Å². The number of nitrogens with zero attached hydrogens (tertiary/aromatic N) is 6. The van der Waals surface area contributed by atoms with Crippen molar-refractivity contribution in [3.8, 4) is 29.2 Å². The molecule has 3 heterocycles. The lowest BCUT2D eigenvalue weighted by Gasteiger charge is -2.46. The molecule has 2 amide bonds. The lowest BCUT2D eigenvalue weighted by atomic mass is 9.80. The SMILES string of the molecule is COc1ccc(C(OC[C@H]2O[C@@H](n3cnc4c(OC(=O)N(c5ccccc5)c5ccccc5)nc(NC(=O)COc5ccccc5)cc43)[C@H](O[Si](C(C)C)(C(C)C)C(C)C)[C@@H]2OP(OCCC#N)N(C(C)C)C(C)C)(c2ccccc2)c2ccc(OC)cc2)cc1. The number of hydrogen-bond acceptors (Lipinski definition) is 15. The Hall–Kier alpha value is -8.02. The summed E-state index contributed by atoms with van der Waals surface area (Å²) >= 11 is 0. The molecule has 8 aromatic rings. The van der Waals surface area contributed by atoms with Crippen molar-refractivity contribution < 1.29 is 51.5 Å². The zero-order valence-electron chi connectivity index (χ0n) is 54.0. The number of para-hydroxylation sites is 3. The number of imidazole rings is 1. The molecule has 6 aromatic carbocycles. The molecule has 1 aliphatic rings. The number of benzene rings is 6. The van der Waals surface area contributed by atoms with Crippen LogP contribution in [0.15, 0.2) is 182 Å². The van der Waals surface area contributed by atoms with E-state index in [1.807, 2.05) is 138 Å². The quantitative estimate of drug-likeness (QED) is 0.0201. The topological polar surface area (TPSA) is 190 Å². The van der Waals surface area contributed by atoms with Gasteiger partial charge in [-0.25, -0.2) is 19.3 Å². The number of nitrogens with one attached hydrogen (secondary N) is 1. The Balaban J connectivity index is 1.26. The van der Waals surface area contributed by atoms with E-state index in [0.717, 1.165) is 16.7 Å². The van der Waals surface area contributed by atoms with Gasteiger partial charge in [0.2, 0.25) is 8.32 Å².